The number of likely N-dealkylation sites (tertiary alicyclic amines) is 1. The number of carbonyl (C=O) groups excluding carboxylic acids is 4. The summed E-state index contributed by atoms with van der Waals surface area (Å²) in [7, 11) is 0. The van der Waals surface area contributed by atoms with Crippen LogP contribution in [0.3, 0.4) is 0 Å². The minimum absolute atomic E-state index is 0.0975. The minimum atomic E-state index is -0.887. The molecule has 1 heterocycles. The highest BCUT2D eigenvalue weighted by molar-refractivity contribution is 6.10. The molecule has 1 saturated heterocycles. The Bertz CT molecular complexity index is 916. The lowest BCUT2D eigenvalue weighted by Crippen LogP contribution is -2.46. The van der Waals surface area contributed by atoms with E-state index in [2.05, 4.69) is 17.5 Å². The maximum Gasteiger partial charge on any atom is 0.247 e. The number of ketones is 1. The molecule has 0 unspecified atom stereocenters. The summed E-state index contributed by atoms with van der Waals surface area (Å²) in [6.45, 7) is 3.05. The number of allylic oxidation sites excluding steroid dienone is 2. The molecule has 28 heavy (non-hydrogen) atoms. The van der Waals surface area contributed by atoms with Gasteiger partial charge in [0.2, 0.25) is 17.7 Å². The predicted octanol–water partition coefficient (Wildman–Crippen LogP) is 2.27. The van der Waals surface area contributed by atoms with Gasteiger partial charge in [0.15, 0.2) is 5.78 Å². The predicted molar refractivity (Wildman–Crippen MR) is 101 cm³/mol. The minimum Gasteiger partial charge on any atom is -0.324 e. The summed E-state index contributed by atoms with van der Waals surface area (Å²) >= 11 is 0. The van der Waals surface area contributed by atoms with Crippen LogP contribution in [0.1, 0.15) is 30.6 Å². The molecule has 144 valence electrons. The van der Waals surface area contributed by atoms with Gasteiger partial charge < -0.3 is 5.32 Å². The van der Waals surface area contributed by atoms with E-state index in [9.17, 15) is 19.2 Å². The SMILES string of the molecule is CC(=O)c1cccc(NC(=O)[C@H](C)N2C(=O)[C@@H]3[C@H]4C=C[C@@H]([C@@H]5C[C@H]45)[C@@H]3C2=O)c1. The maximum atomic E-state index is 13.1. The molecule has 6 nitrogen and oxygen atoms in total. The normalized spacial score (nSPS) is 35.4. The second-order valence-corrected chi connectivity index (χ2v) is 8.50. The van der Waals surface area contributed by atoms with Crippen molar-refractivity contribution in [3.8, 4) is 0 Å². The molecule has 1 aliphatic heterocycles. The number of hydrogen-bond acceptors (Lipinski definition) is 4. The molecule has 7 atom stereocenters. The van der Waals surface area contributed by atoms with E-state index in [1.54, 1.807) is 31.2 Å². The summed E-state index contributed by atoms with van der Waals surface area (Å²) in [6, 6.07) is 5.75. The highest BCUT2D eigenvalue weighted by Crippen LogP contribution is 2.65. The fourth-order valence-corrected chi connectivity index (χ4v) is 5.54. The van der Waals surface area contributed by atoms with Gasteiger partial charge in [-0.05, 0) is 56.1 Å². The van der Waals surface area contributed by atoms with Gasteiger partial charge in [-0.2, -0.15) is 0 Å². The van der Waals surface area contributed by atoms with Gasteiger partial charge in [0.05, 0.1) is 11.8 Å². The zero-order valence-corrected chi connectivity index (χ0v) is 15.8. The first kappa shape index (κ1) is 17.3. The van der Waals surface area contributed by atoms with E-state index >= 15 is 0 Å². The number of benzene rings is 1. The lowest BCUT2D eigenvalue weighted by molar-refractivity contribution is -0.146. The van der Waals surface area contributed by atoms with E-state index in [0.717, 1.165) is 6.42 Å². The molecule has 0 radical (unpaired) electrons. The summed E-state index contributed by atoms with van der Waals surface area (Å²) in [6.07, 6.45) is 5.35. The van der Waals surface area contributed by atoms with Crippen LogP contribution in [-0.2, 0) is 14.4 Å². The van der Waals surface area contributed by atoms with Crippen molar-refractivity contribution in [2.75, 3.05) is 5.32 Å². The van der Waals surface area contributed by atoms with Crippen LogP contribution in [0.5, 0.6) is 0 Å². The van der Waals surface area contributed by atoms with Crippen LogP contribution in [0.2, 0.25) is 0 Å². The van der Waals surface area contributed by atoms with Gasteiger partial charge in [-0.1, -0.05) is 24.3 Å². The Morgan fingerprint density at radius 3 is 2.25 bits per heavy atom. The van der Waals surface area contributed by atoms with E-state index in [4.69, 9.17) is 0 Å². The van der Waals surface area contributed by atoms with Crippen molar-refractivity contribution in [2.45, 2.75) is 26.3 Å². The number of hydrogen-bond donors (Lipinski definition) is 1. The third kappa shape index (κ3) is 2.33. The van der Waals surface area contributed by atoms with Crippen molar-refractivity contribution in [3.63, 3.8) is 0 Å². The van der Waals surface area contributed by atoms with Crippen molar-refractivity contribution in [1.29, 1.82) is 0 Å². The lowest BCUT2D eigenvalue weighted by Gasteiger charge is -2.37. The number of anilines is 1. The van der Waals surface area contributed by atoms with Crippen molar-refractivity contribution in [1.82, 2.24) is 4.90 Å². The van der Waals surface area contributed by atoms with Gasteiger partial charge >= 0.3 is 0 Å². The number of amides is 3. The summed E-state index contributed by atoms with van der Waals surface area (Å²) in [5, 5.41) is 2.74. The summed E-state index contributed by atoms with van der Waals surface area (Å²) in [5.41, 5.74) is 0.968. The Labute approximate surface area is 163 Å². The first-order valence-corrected chi connectivity index (χ1v) is 9.85. The van der Waals surface area contributed by atoms with E-state index in [-0.39, 0.29) is 41.3 Å². The Morgan fingerprint density at radius 1 is 1.07 bits per heavy atom. The number of nitrogens with one attached hydrogen (secondary N) is 1. The molecule has 6 heteroatoms. The largest absolute Gasteiger partial charge is 0.324 e. The fourth-order valence-electron chi connectivity index (χ4n) is 5.54. The monoisotopic (exact) mass is 378 g/mol. The Balaban J connectivity index is 1.36. The highest BCUT2D eigenvalue weighted by Gasteiger charge is 2.67. The van der Waals surface area contributed by atoms with Crippen molar-refractivity contribution in [2.24, 2.45) is 35.5 Å². The molecule has 6 rings (SSSR count). The van der Waals surface area contributed by atoms with E-state index in [1.165, 1.54) is 11.8 Å². The van der Waals surface area contributed by atoms with E-state index < -0.39 is 11.9 Å². The maximum absolute atomic E-state index is 13.1. The highest BCUT2D eigenvalue weighted by atomic mass is 16.2. The van der Waals surface area contributed by atoms with Gasteiger partial charge in [0.25, 0.3) is 0 Å². The topological polar surface area (TPSA) is 83.6 Å². The standard InChI is InChI=1S/C22H22N2O4/c1-10(20(26)23-13-5-3-4-12(8-13)11(2)25)24-21(27)18-14-6-7-15(17-9-16(14)17)19(18)22(24)28/h3-8,10,14-19H,9H2,1-2H3,(H,23,26)/t10-,14-,15-,16-,17+,18-,19+/m0/s1. The number of rotatable bonds is 4. The smallest absolute Gasteiger partial charge is 0.247 e. The number of Topliss-reactive ketones (excluding diaryl/α,β-unsaturated/α-hetero) is 1. The van der Waals surface area contributed by atoms with Crippen LogP contribution in [-0.4, -0.2) is 34.4 Å². The van der Waals surface area contributed by atoms with Crippen LogP contribution in [0.15, 0.2) is 36.4 Å². The van der Waals surface area contributed by atoms with Crippen molar-refractivity contribution in [3.05, 3.63) is 42.0 Å². The summed E-state index contributed by atoms with van der Waals surface area (Å²) < 4.78 is 0. The number of nitrogens with zero attached hydrogens (tertiary/aromatic N) is 1. The molecular weight excluding hydrogens is 356 g/mol. The third-order valence-corrected chi connectivity index (χ3v) is 7.00. The summed E-state index contributed by atoms with van der Waals surface area (Å²) in [5.74, 6) is -0.193. The second kappa shape index (κ2) is 5.87. The zero-order chi connectivity index (χ0) is 19.7. The first-order valence-electron chi connectivity index (χ1n) is 9.85. The zero-order valence-electron chi connectivity index (χ0n) is 15.8. The third-order valence-electron chi connectivity index (χ3n) is 7.00. The quantitative estimate of drug-likeness (QED) is 0.495. The average molecular weight is 378 g/mol. The molecule has 4 aliphatic carbocycles. The molecule has 3 fully saturated rings. The first-order chi connectivity index (χ1) is 13.4. The van der Waals surface area contributed by atoms with Crippen molar-refractivity contribution < 1.29 is 19.2 Å². The Kier molecular flexibility index (Phi) is 3.63. The van der Waals surface area contributed by atoms with Gasteiger partial charge in [-0.15, -0.1) is 0 Å². The number of carbonyl (C=O) groups is 4. The molecule has 1 aromatic carbocycles. The average Bonchev–Trinajstić information content (AvgIpc) is 3.45. The van der Waals surface area contributed by atoms with Crippen LogP contribution >= 0.6 is 0 Å². The summed E-state index contributed by atoms with van der Waals surface area (Å²) in [4.78, 5) is 51.7. The fraction of sp³-hybridized carbons (Fsp3) is 0.455. The molecule has 2 bridgehead atoms. The number of imide groups is 1. The van der Waals surface area contributed by atoms with Gasteiger partial charge in [-0.3, -0.25) is 24.1 Å². The second-order valence-electron chi connectivity index (χ2n) is 8.50. The molecular formula is C22H22N2O4. The molecule has 2 saturated carbocycles. The van der Waals surface area contributed by atoms with Crippen LogP contribution in [0, 0.1) is 35.5 Å². The molecule has 1 aromatic rings. The van der Waals surface area contributed by atoms with Crippen LogP contribution < -0.4 is 5.32 Å². The van der Waals surface area contributed by atoms with E-state index in [0.29, 0.717) is 23.1 Å². The molecule has 0 spiro atoms. The van der Waals surface area contributed by atoms with Crippen LogP contribution in [0.4, 0.5) is 5.69 Å². The molecule has 5 aliphatic rings. The van der Waals surface area contributed by atoms with Crippen molar-refractivity contribution >= 4 is 29.2 Å². The Hall–Kier alpha value is -2.76. The molecule has 0 aromatic heterocycles. The van der Waals surface area contributed by atoms with Gasteiger partial charge in [-0.25, -0.2) is 0 Å². The Morgan fingerprint density at radius 2 is 1.68 bits per heavy atom. The molecule has 3 amide bonds. The van der Waals surface area contributed by atoms with Gasteiger partial charge in [0.1, 0.15) is 6.04 Å². The van der Waals surface area contributed by atoms with Gasteiger partial charge in [0, 0.05) is 11.3 Å². The van der Waals surface area contributed by atoms with Crippen LogP contribution in [0.25, 0.3) is 0 Å². The molecule has 1 N–H and O–H groups in total. The lowest BCUT2D eigenvalue weighted by atomic mass is 9.63. The van der Waals surface area contributed by atoms with E-state index in [1.807, 2.05) is 0 Å².